The van der Waals surface area contributed by atoms with Crippen molar-refractivity contribution in [1.82, 2.24) is 0 Å². The normalized spacial score (nSPS) is 11.1. The predicted octanol–water partition coefficient (Wildman–Crippen LogP) is 4.66. The van der Waals surface area contributed by atoms with Gasteiger partial charge in [-0.3, -0.25) is 9.59 Å². The molecule has 0 saturated carbocycles. The number of halogens is 2. The van der Waals surface area contributed by atoms with E-state index in [2.05, 4.69) is 10.6 Å². The SMILES string of the molecule is CC(C)(C(=O)Nc1ccc(Cl)cc1)C(=O)Nc1ccc(Cl)s1. The number of carbonyl (C=O) groups is 2. The maximum atomic E-state index is 12.3. The standard InChI is InChI=1S/C15H14Cl2N2O2S/c1-15(2,14(21)19-12-8-7-11(17)22-12)13(20)18-10-5-3-9(16)4-6-10/h3-8H,1-2H3,(H,18,20)(H,19,21). The van der Waals surface area contributed by atoms with Gasteiger partial charge < -0.3 is 10.6 Å². The number of benzene rings is 1. The number of hydrogen-bond donors (Lipinski definition) is 2. The van der Waals surface area contributed by atoms with Gasteiger partial charge in [-0.1, -0.05) is 23.2 Å². The summed E-state index contributed by atoms with van der Waals surface area (Å²) in [6.45, 7) is 3.12. The molecule has 0 spiro atoms. The van der Waals surface area contributed by atoms with E-state index in [1.54, 1.807) is 50.2 Å². The van der Waals surface area contributed by atoms with Crippen molar-refractivity contribution in [2.45, 2.75) is 13.8 Å². The summed E-state index contributed by atoms with van der Waals surface area (Å²) in [6.07, 6.45) is 0. The molecule has 1 aromatic heterocycles. The topological polar surface area (TPSA) is 58.2 Å². The average Bonchev–Trinajstić information content (AvgIpc) is 2.86. The molecule has 22 heavy (non-hydrogen) atoms. The van der Waals surface area contributed by atoms with Crippen molar-refractivity contribution in [3.05, 3.63) is 45.8 Å². The average molecular weight is 357 g/mol. The molecule has 0 saturated heterocycles. The van der Waals surface area contributed by atoms with E-state index in [-0.39, 0.29) is 0 Å². The summed E-state index contributed by atoms with van der Waals surface area (Å²) in [6, 6.07) is 10.1. The van der Waals surface area contributed by atoms with Crippen LogP contribution in [-0.4, -0.2) is 11.8 Å². The van der Waals surface area contributed by atoms with Gasteiger partial charge in [0.25, 0.3) is 0 Å². The van der Waals surface area contributed by atoms with E-state index in [0.717, 1.165) is 0 Å². The molecule has 1 heterocycles. The fourth-order valence-corrected chi connectivity index (χ4v) is 2.64. The largest absolute Gasteiger partial charge is 0.325 e. The molecule has 0 aliphatic carbocycles. The van der Waals surface area contributed by atoms with Crippen LogP contribution in [0.4, 0.5) is 10.7 Å². The molecule has 7 heteroatoms. The fourth-order valence-electron chi connectivity index (χ4n) is 1.57. The Hall–Kier alpha value is -1.56. The van der Waals surface area contributed by atoms with Crippen LogP contribution in [0.1, 0.15) is 13.8 Å². The number of nitrogens with one attached hydrogen (secondary N) is 2. The lowest BCUT2D eigenvalue weighted by Gasteiger charge is -2.22. The molecule has 2 aromatic rings. The Balaban J connectivity index is 2.05. The molecule has 2 N–H and O–H groups in total. The fraction of sp³-hybridized carbons (Fsp3) is 0.200. The van der Waals surface area contributed by atoms with Gasteiger partial charge in [0.05, 0.1) is 9.34 Å². The van der Waals surface area contributed by atoms with Gasteiger partial charge in [0.2, 0.25) is 11.8 Å². The van der Waals surface area contributed by atoms with E-state index < -0.39 is 17.2 Å². The van der Waals surface area contributed by atoms with Crippen molar-refractivity contribution in [1.29, 1.82) is 0 Å². The van der Waals surface area contributed by atoms with Gasteiger partial charge in [0, 0.05) is 10.7 Å². The number of hydrogen-bond acceptors (Lipinski definition) is 3. The number of thiophene rings is 1. The smallest absolute Gasteiger partial charge is 0.240 e. The van der Waals surface area contributed by atoms with E-state index >= 15 is 0 Å². The van der Waals surface area contributed by atoms with Crippen LogP contribution in [0.25, 0.3) is 0 Å². The van der Waals surface area contributed by atoms with Crippen LogP contribution in [0.5, 0.6) is 0 Å². The lowest BCUT2D eigenvalue weighted by molar-refractivity contribution is -0.135. The summed E-state index contributed by atoms with van der Waals surface area (Å²) in [5.41, 5.74) is -0.662. The van der Waals surface area contributed by atoms with E-state index in [4.69, 9.17) is 23.2 Å². The highest BCUT2D eigenvalue weighted by molar-refractivity contribution is 7.20. The van der Waals surface area contributed by atoms with E-state index in [9.17, 15) is 9.59 Å². The van der Waals surface area contributed by atoms with Crippen molar-refractivity contribution < 1.29 is 9.59 Å². The summed E-state index contributed by atoms with van der Waals surface area (Å²) in [5, 5.41) is 6.57. The summed E-state index contributed by atoms with van der Waals surface area (Å²) in [4.78, 5) is 24.6. The van der Waals surface area contributed by atoms with Crippen LogP contribution in [0.2, 0.25) is 9.36 Å². The second-order valence-corrected chi connectivity index (χ2v) is 7.30. The molecule has 0 fully saturated rings. The first-order valence-corrected chi connectivity index (χ1v) is 8.00. The summed E-state index contributed by atoms with van der Waals surface area (Å²) in [7, 11) is 0. The second kappa shape index (κ2) is 6.69. The Kier molecular flexibility index (Phi) is 5.11. The molecule has 4 nitrogen and oxygen atoms in total. The number of carbonyl (C=O) groups excluding carboxylic acids is 2. The Morgan fingerprint density at radius 3 is 2.09 bits per heavy atom. The monoisotopic (exact) mass is 356 g/mol. The van der Waals surface area contributed by atoms with Crippen LogP contribution in [0.15, 0.2) is 36.4 Å². The maximum absolute atomic E-state index is 12.3. The summed E-state index contributed by atoms with van der Waals surface area (Å²) >= 11 is 12.8. The van der Waals surface area contributed by atoms with Crippen LogP contribution < -0.4 is 10.6 Å². The third-order valence-electron chi connectivity index (χ3n) is 3.05. The van der Waals surface area contributed by atoms with Crippen molar-refractivity contribution in [3.63, 3.8) is 0 Å². The zero-order valence-electron chi connectivity index (χ0n) is 11.9. The highest BCUT2D eigenvalue weighted by Crippen LogP contribution is 2.28. The third kappa shape index (κ3) is 4.00. The lowest BCUT2D eigenvalue weighted by Crippen LogP contribution is -2.41. The van der Waals surface area contributed by atoms with Crippen LogP contribution >= 0.6 is 34.5 Å². The van der Waals surface area contributed by atoms with Crippen LogP contribution in [0.3, 0.4) is 0 Å². The van der Waals surface area contributed by atoms with Gasteiger partial charge in [-0.05, 0) is 50.2 Å². The van der Waals surface area contributed by atoms with Crippen molar-refractivity contribution in [2.24, 2.45) is 5.41 Å². The van der Waals surface area contributed by atoms with Gasteiger partial charge in [0.1, 0.15) is 5.41 Å². The van der Waals surface area contributed by atoms with Crippen LogP contribution in [-0.2, 0) is 9.59 Å². The van der Waals surface area contributed by atoms with Crippen molar-refractivity contribution in [3.8, 4) is 0 Å². The highest BCUT2D eigenvalue weighted by atomic mass is 35.5. The summed E-state index contributed by atoms with van der Waals surface area (Å²) < 4.78 is 0.568. The van der Waals surface area contributed by atoms with Gasteiger partial charge in [0.15, 0.2) is 0 Å². The maximum Gasteiger partial charge on any atom is 0.240 e. The van der Waals surface area contributed by atoms with E-state index in [1.807, 2.05) is 0 Å². The molecule has 1 aromatic carbocycles. The minimum atomic E-state index is -1.24. The lowest BCUT2D eigenvalue weighted by atomic mass is 9.91. The quantitative estimate of drug-likeness (QED) is 0.782. The molecule has 2 rings (SSSR count). The molecule has 0 aliphatic heterocycles. The molecule has 0 aliphatic rings. The first-order valence-electron chi connectivity index (χ1n) is 6.43. The number of anilines is 2. The molecule has 0 radical (unpaired) electrons. The molecule has 116 valence electrons. The van der Waals surface area contributed by atoms with Crippen molar-refractivity contribution >= 4 is 57.0 Å². The molecule has 0 bridgehead atoms. The molecule has 0 atom stereocenters. The third-order valence-corrected chi connectivity index (χ3v) is 4.45. The minimum absolute atomic E-state index is 0.405. The van der Waals surface area contributed by atoms with Gasteiger partial charge in [-0.2, -0.15) is 0 Å². The molecule has 2 amide bonds. The Bertz CT molecular complexity index is 696. The van der Waals surface area contributed by atoms with Gasteiger partial charge in [-0.25, -0.2) is 0 Å². The summed E-state index contributed by atoms with van der Waals surface area (Å²) in [5.74, 6) is -0.813. The second-order valence-electron chi connectivity index (χ2n) is 5.14. The minimum Gasteiger partial charge on any atom is -0.325 e. The van der Waals surface area contributed by atoms with E-state index in [1.165, 1.54) is 11.3 Å². The number of rotatable bonds is 4. The first kappa shape index (κ1) is 16.8. The Morgan fingerprint density at radius 1 is 0.955 bits per heavy atom. The van der Waals surface area contributed by atoms with Crippen LogP contribution in [0, 0.1) is 5.41 Å². The molecule has 0 unspecified atom stereocenters. The van der Waals surface area contributed by atoms with Gasteiger partial charge >= 0.3 is 0 Å². The zero-order valence-corrected chi connectivity index (χ0v) is 14.3. The Labute approximate surface area is 142 Å². The predicted molar refractivity (Wildman–Crippen MR) is 91.8 cm³/mol. The number of amides is 2. The zero-order chi connectivity index (χ0) is 16.3. The molecular formula is C15H14Cl2N2O2S. The van der Waals surface area contributed by atoms with Gasteiger partial charge in [-0.15, -0.1) is 11.3 Å². The Morgan fingerprint density at radius 2 is 1.55 bits per heavy atom. The van der Waals surface area contributed by atoms with Crippen molar-refractivity contribution in [2.75, 3.05) is 10.6 Å². The highest BCUT2D eigenvalue weighted by Gasteiger charge is 2.36. The van der Waals surface area contributed by atoms with E-state index in [0.29, 0.717) is 20.0 Å². The first-order chi connectivity index (χ1) is 10.3. The molecular weight excluding hydrogens is 343 g/mol.